The zero-order valence-corrected chi connectivity index (χ0v) is 22.8. The van der Waals surface area contributed by atoms with Crippen LogP contribution in [0, 0.1) is 5.92 Å². The SMILES string of the molecule is CCN1C[C@H](C(=O)OC2CCCCC2)CC2c3cccc4c3c(c(C3CCCCC3)n4C(C)C)C[C@H]21. The van der Waals surface area contributed by atoms with Crippen molar-refractivity contribution in [3.63, 3.8) is 0 Å². The summed E-state index contributed by atoms with van der Waals surface area (Å²) in [5.74, 6) is 1.18. The molecule has 4 nitrogen and oxygen atoms in total. The van der Waals surface area contributed by atoms with Crippen molar-refractivity contribution in [3.05, 3.63) is 35.0 Å². The smallest absolute Gasteiger partial charge is 0.310 e. The normalized spacial score (nSPS) is 27.9. The second kappa shape index (κ2) is 10.2. The van der Waals surface area contributed by atoms with Gasteiger partial charge in [0.1, 0.15) is 6.10 Å². The Hall–Kier alpha value is -1.81. The van der Waals surface area contributed by atoms with Crippen LogP contribution in [0.2, 0.25) is 0 Å². The van der Waals surface area contributed by atoms with Gasteiger partial charge in [0.15, 0.2) is 0 Å². The summed E-state index contributed by atoms with van der Waals surface area (Å²) in [5.41, 5.74) is 6.24. The number of ether oxygens (including phenoxy) is 1. The maximum atomic E-state index is 13.4. The minimum Gasteiger partial charge on any atom is -0.462 e. The van der Waals surface area contributed by atoms with E-state index in [0.717, 1.165) is 38.8 Å². The average molecular weight is 491 g/mol. The molecule has 2 aromatic rings. The van der Waals surface area contributed by atoms with Crippen LogP contribution in [0.3, 0.4) is 0 Å². The molecule has 2 heterocycles. The Morgan fingerprint density at radius 1 is 1.03 bits per heavy atom. The Kier molecular flexibility index (Phi) is 6.92. The maximum absolute atomic E-state index is 13.4. The van der Waals surface area contributed by atoms with Gasteiger partial charge in [0.05, 0.1) is 5.92 Å². The molecule has 3 atom stereocenters. The lowest BCUT2D eigenvalue weighted by Crippen LogP contribution is -2.52. The average Bonchev–Trinajstić information content (AvgIpc) is 3.25. The zero-order chi connectivity index (χ0) is 24.8. The summed E-state index contributed by atoms with van der Waals surface area (Å²) in [4.78, 5) is 16.0. The van der Waals surface area contributed by atoms with Crippen molar-refractivity contribution in [3.8, 4) is 0 Å². The van der Waals surface area contributed by atoms with Gasteiger partial charge in [-0.1, -0.05) is 44.7 Å². The lowest BCUT2D eigenvalue weighted by Gasteiger charge is -2.46. The van der Waals surface area contributed by atoms with Crippen molar-refractivity contribution in [1.82, 2.24) is 9.47 Å². The molecule has 3 fully saturated rings. The van der Waals surface area contributed by atoms with Crippen LogP contribution in [-0.2, 0) is 16.0 Å². The van der Waals surface area contributed by atoms with E-state index < -0.39 is 0 Å². The van der Waals surface area contributed by atoms with E-state index in [-0.39, 0.29) is 18.0 Å². The predicted molar refractivity (Wildman–Crippen MR) is 147 cm³/mol. The van der Waals surface area contributed by atoms with Crippen LogP contribution >= 0.6 is 0 Å². The number of rotatable bonds is 5. The summed E-state index contributed by atoms with van der Waals surface area (Å²) in [6.07, 6.45) is 14.8. The largest absolute Gasteiger partial charge is 0.462 e. The third-order valence-corrected chi connectivity index (χ3v) is 10.0. The Labute approximate surface area is 217 Å². The first-order valence-corrected chi connectivity index (χ1v) is 15.2. The number of hydrogen-bond acceptors (Lipinski definition) is 3. The van der Waals surface area contributed by atoms with E-state index >= 15 is 0 Å². The molecular weight excluding hydrogens is 444 g/mol. The number of carbonyl (C=O) groups is 1. The molecule has 1 aromatic heterocycles. The van der Waals surface area contributed by atoms with Crippen LogP contribution in [0.1, 0.15) is 126 Å². The summed E-state index contributed by atoms with van der Waals surface area (Å²) in [5, 5.41) is 1.53. The molecule has 3 aliphatic carbocycles. The van der Waals surface area contributed by atoms with Crippen LogP contribution in [0.5, 0.6) is 0 Å². The van der Waals surface area contributed by atoms with Crippen molar-refractivity contribution in [1.29, 1.82) is 0 Å². The topological polar surface area (TPSA) is 34.5 Å². The monoisotopic (exact) mass is 490 g/mol. The molecule has 0 bridgehead atoms. The molecule has 6 rings (SSSR count). The minimum absolute atomic E-state index is 0.00469. The van der Waals surface area contributed by atoms with E-state index in [0.29, 0.717) is 23.9 Å². The molecule has 4 aliphatic rings. The Morgan fingerprint density at radius 2 is 1.75 bits per heavy atom. The molecule has 4 heteroatoms. The van der Waals surface area contributed by atoms with Crippen molar-refractivity contribution in [2.24, 2.45) is 5.92 Å². The maximum Gasteiger partial charge on any atom is 0.310 e. The molecule has 2 saturated carbocycles. The van der Waals surface area contributed by atoms with Crippen molar-refractivity contribution in [2.75, 3.05) is 13.1 Å². The van der Waals surface area contributed by atoms with Crippen LogP contribution in [-0.4, -0.2) is 40.7 Å². The molecule has 1 aromatic carbocycles. The van der Waals surface area contributed by atoms with Crippen LogP contribution in [0.25, 0.3) is 10.9 Å². The third-order valence-electron chi connectivity index (χ3n) is 10.0. The molecule has 36 heavy (non-hydrogen) atoms. The highest BCUT2D eigenvalue weighted by Gasteiger charge is 2.45. The second-order valence-corrected chi connectivity index (χ2v) is 12.5. The van der Waals surface area contributed by atoms with Gasteiger partial charge in [0.25, 0.3) is 0 Å². The molecule has 0 N–H and O–H groups in total. The van der Waals surface area contributed by atoms with E-state index in [1.54, 1.807) is 11.3 Å². The quantitative estimate of drug-likeness (QED) is 0.407. The van der Waals surface area contributed by atoms with Gasteiger partial charge in [-0.25, -0.2) is 0 Å². The fraction of sp³-hybridized carbons (Fsp3) is 0.719. The molecule has 0 radical (unpaired) electrons. The molecule has 196 valence electrons. The van der Waals surface area contributed by atoms with E-state index in [1.807, 2.05) is 0 Å². The van der Waals surface area contributed by atoms with Gasteiger partial charge in [-0.2, -0.15) is 0 Å². The number of nitrogens with zero attached hydrogens (tertiary/aromatic N) is 2. The number of hydrogen-bond donors (Lipinski definition) is 0. The standard InChI is InChI=1S/C32H46N2O2/c1-4-33-20-23(32(35)36-24-14-9-6-10-15-24)18-26-25-16-11-17-28-30(25)27(19-29(26)33)31(34(28)21(2)3)22-12-7-5-8-13-22/h11,16-17,21-24,26,29H,4-10,12-15,18-20H2,1-3H3/t23-,26?,29-/m1/s1. The lowest BCUT2D eigenvalue weighted by molar-refractivity contribution is -0.158. The summed E-state index contributed by atoms with van der Waals surface area (Å²) in [6.45, 7) is 8.87. The zero-order valence-electron chi connectivity index (χ0n) is 22.8. The third kappa shape index (κ3) is 4.22. The fourth-order valence-electron chi connectivity index (χ4n) is 8.39. The summed E-state index contributed by atoms with van der Waals surface area (Å²) in [7, 11) is 0. The molecule has 1 unspecified atom stereocenters. The van der Waals surface area contributed by atoms with Crippen LogP contribution < -0.4 is 0 Å². The van der Waals surface area contributed by atoms with Crippen molar-refractivity contribution >= 4 is 16.9 Å². The van der Waals surface area contributed by atoms with Crippen molar-refractivity contribution in [2.45, 2.75) is 128 Å². The van der Waals surface area contributed by atoms with Gasteiger partial charge in [0, 0.05) is 41.1 Å². The predicted octanol–water partition coefficient (Wildman–Crippen LogP) is 7.50. The molecule has 0 spiro atoms. The number of fused-ring (bicyclic) bond motifs is 2. The number of likely N-dealkylation sites (tertiary alicyclic amines) is 1. The molecule has 0 amide bonds. The Bertz CT molecular complexity index is 1090. The lowest BCUT2D eigenvalue weighted by atomic mass is 9.71. The van der Waals surface area contributed by atoms with Gasteiger partial charge >= 0.3 is 5.97 Å². The van der Waals surface area contributed by atoms with Crippen LogP contribution in [0.15, 0.2) is 18.2 Å². The van der Waals surface area contributed by atoms with E-state index in [2.05, 4.69) is 48.4 Å². The number of aromatic nitrogens is 1. The van der Waals surface area contributed by atoms with Crippen LogP contribution in [0.4, 0.5) is 0 Å². The fourth-order valence-corrected chi connectivity index (χ4v) is 8.39. The molecule has 1 saturated heterocycles. The summed E-state index contributed by atoms with van der Waals surface area (Å²) >= 11 is 0. The number of carbonyl (C=O) groups excluding carboxylic acids is 1. The highest BCUT2D eigenvalue weighted by Crippen LogP contribution is 2.50. The number of benzene rings is 1. The summed E-state index contributed by atoms with van der Waals surface area (Å²) < 4.78 is 8.81. The number of esters is 1. The minimum atomic E-state index is -0.00469. The number of piperidine rings is 1. The Balaban J connectivity index is 1.38. The second-order valence-electron chi connectivity index (χ2n) is 12.5. The van der Waals surface area contributed by atoms with Gasteiger partial charge < -0.3 is 9.30 Å². The summed E-state index contributed by atoms with van der Waals surface area (Å²) in [6, 6.07) is 8.00. The first-order chi connectivity index (χ1) is 17.6. The van der Waals surface area contributed by atoms with Gasteiger partial charge in [0.2, 0.25) is 0 Å². The highest BCUT2D eigenvalue weighted by atomic mass is 16.5. The first-order valence-electron chi connectivity index (χ1n) is 15.2. The van der Waals surface area contributed by atoms with E-state index in [1.165, 1.54) is 67.8 Å². The molecular formula is C32H46N2O2. The van der Waals surface area contributed by atoms with Gasteiger partial charge in [-0.3, -0.25) is 9.69 Å². The first kappa shape index (κ1) is 24.5. The van der Waals surface area contributed by atoms with Gasteiger partial charge in [-0.05, 0) is 94.9 Å². The highest BCUT2D eigenvalue weighted by molar-refractivity contribution is 5.91. The van der Waals surface area contributed by atoms with E-state index in [4.69, 9.17) is 4.74 Å². The van der Waals surface area contributed by atoms with Gasteiger partial charge in [-0.15, -0.1) is 0 Å². The Morgan fingerprint density at radius 3 is 2.44 bits per heavy atom. The van der Waals surface area contributed by atoms with Crippen molar-refractivity contribution < 1.29 is 9.53 Å². The number of likely N-dealkylation sites (N-methyl/N-ethyl adjacent to an activating group) is 1. The molecule has 1 aliphatic heterocycles. The van der Waals surface area contributed by atoms with E-state index in [9.17, 15) is 4.79 Å².